The van der Waals surface area contributed by atoms with E-state index in [1.54, 1.807) is 7.11 Å². The van der Waals surface area contributed by atoms with E-state index in [0.29, 0.717) is 31.5 Å². The van der Waals surface area contributed by atoms with Gasteiger partial charge in [-0.2, -0.15) is 0 Å². The molecule has 1 aliphatic heterocycles. The van der Waals surface area contributed by atoms with Crippen LogP contribution in [0.2, 0.25) is 0 Å². The van der Waals surface area contributed by atoms with Crippen molar-refractivity contribution in [2.24, 2.45) is 29.4 Å². The molecule has 2 amide bonds. The van der Waals surface area contributed by atoms with Gasteiger partial charge in [-0.15, -0.1) is 0 Å². The van der Waals surface area contributed by atoms with Crippen molar-refractivity contribution in [1.82, 2.24) is 10.2 Å². The van der Waals surface area contributed by atoms with Crippen LogP contribution in [0.3, 0.4) is 0 Å². The Labute approximate surface area is 226 Å². The molecular formula is C30H56FN3O3. The average molecular weight is 526 g/mol. The summed E-state index contributed by atoms with van der Waals surface area (Å²) in [5.41, 5.74) is 5.88. The lowest BCUT2D eigenvalue weighted by molar-refractivity contribution is -0.143. The highest BCUT2D eigenvalue weighted by molar-refractivity contribution is 5.89. The third-order valence-electron chi connectivity index (χ3n) is 9.21. The molecular weight excluding hydrogens is 469 g/mol. The number of rotatable bonds is 17. The number of halogens is 1. The van der Waals surface area contributed by atoms with Crippen LogP contribution < -0.4 is 11.1 Å². The minimum atomic E-state index is -0.536. The molecule has 6 nitrogen and oxygen atoms in total. The number of nitrogens with two attached hydrogens (primary N) is 1. The van der Waals surface area contributed by atoms with E-state index in [9.17, 15) is 14.0 Å². The molecule has 0 aromatic rings. The summed E-state index contributed by atoms with van der Waals surface area (Å²) >= 11 is 0. The summed E-state index contributed by atoms with van der Waals surface area (Å²) in [6.45, 7) is 7.01. The van der Waals surface area contributed by atoms with Gasteiger partial charge in [0, 0.05) is 32.2 Å². The van der Waals surface area contributed by atoms with E-state index < -0.39 is 12.7 Å². The number of alkyl halides is 1. The molecule has 0 radical (unpaired) electrons. The molecule has 0 aromatic heterocycles. The fourth-order valence-corrected chi connectivity index (χ4v) is 6.43. The maximum Gasteiger partial charge on any atom is 0.243 e. The fraction of sp³-hybridized carbons (Fsp3) is 0.933. The van der Waals surface area contributed by atoms with Crippen molar-refractivity contribution in [3.05, 3.63) is 0 Å². The van der Waals surface area contributed by atoms with Gasteiger partial charge in [-0.05, 0) is 75.5 Å². The molecule has 0 spiro atoms. The van der Waals surface area contributed by atoms with Gasteiger partial charge in [0.25, 0.3) is 0 Å². The minimum Gasteiger partial charge on any atom is -0.381 e. The van der Waals surface area contributed by atoms with Crippen molar-refractivity contribution in [2.45, 2.75) is 129 Å². The molecule has 1 aliphatic carbocycles. The lowest BCUT2D eigenvalue weighted by Gasteiger charge is -2.36. The first-order chi connectivity index (χ1) is 17.9. The van der Waals surface area contributed by atoms with E-state index in [1.165, 1.54) is 25.7 Å². The van der Waals surface area contributed by atoms with E-state index in [-0.39, 0.29) is 35.6 Å². The Morgan fingerprint density at radius 2 is 1.70 bits per heavy atom. The van der Waals surface area contributed by atoms with Gasteiger partial charge in [0.2, 0.25) is 11.8 Å². The highest BCUT2D eigenvalue weighted by atomic mass is 19.1. The monoisotopic (exact) mass is 525 g/mol. The molecule has 7 heteroatoms. The molecule has 5 atom stereocenters. The number of amides is 2. The first-order valence-electron chi connectivity index (χ1n) is 15.3. The number of carbonyl (C=O) groups excluding carboxylic acids is 2. The Bertz CT molecular complexity index is 656. The van der Waals surface area contributed by atoms with Crippen LogP contribution in [0, 0.1) is 23.7 Å². The molecule has 2 aliphatic rings. The molecule has 1 heterocycles. The van der Waals surface area contributed by atoms with E-state index in [2.05, 4.69) is 12.2 Å². The van der Waals surface area contributed by atoms with Gasteiger partial charge in [-0.3, -0.25) is 9.59 Å². The number of nitrogens with one attached hydrogen (secondary N) is 1. The average Bonchev–Trinajstić information content (AvgIpc) is 3.37. The molecule has 37 heavy (non-hydrogen) atoms. The first-order valence-corrected chi connectivity index (χ1v) is 15.3. The van der Waals surface area contributed by atoms with Gasteiger partial charge in [0.15, 0.2) is 0 Å². The highest BCUT2D eigenvalue weighted by Gasteiger charge is 2.46. The standard InChI is InChI=1S/C30H56FN3O3/c1-5-7-8-9-10-11-19-33-29(35)28-26(24-14-16-25(37-4)17-15-24)18-20-34(28)30(36)23(6-2)13-12-22(3)27(32)21-31/h22-28H,5-21,32H2,1-4H3,(H,33,35)/t22-,23-,24?,25?,26+,27-,28+/m1/s1. The summed E-state index contributed by atoms with van der Waals surface area (Å²) in [5.74, 6) is 0.674. The van der Waals surface area contributed by atoms with Crippen molar-refractivity contribution < 1.29 is 18.7 Å². The second kappa shape index (κ2) is 17.4. The maximum absolute atomic E-state index is 13.8. The number of unbranched alkanes of at least 4 members (excludes halogenated alkanes) is 5. The summed E-state index contributed by atoms with van der Waals surface area (Å²) in [7, 11) is 1.78. The third-order valence-corrected chi connectivity index (χ3v) is 9.21. The molecule has 3 N–H and O–H groups in total. The van der Waals surface area contributed by atoms with Crippen LogP contribution in [0.25, 0.3) is 0 Å². The predicted octanol–water partition coefficient (Wildman–Crippen LogP) is 5.62. The third kappa shape index (κ3) is 9.80. The summed E-state index contributed by atoms with van der Waals surface area (Å²) < 4.78 is 18.6. The summed E-state index contributed by atoms with van der Waals surface area (Å²) in [6, 6.07) is -0.859. The minimum absolute atomic E-state index is 0.0287. The van der Waals surface area contributed by atoms with Crippen LogP contribution in [0.15, 0.2) is 0 Å². The Kier molecular flexibility index (Phi) is 15.0. The zero-order valence-electron chi connectivity index (χ0n) is 24.2. The number of likely N-dealkylation sites (tertiary alicyclic amines) is 1. The molecule has 0 bridgehead atoms. The molecule has 0 unspecified atom stereocenters. The molecule has 216 valence electrons. The number of methoxy groups -OCH3 is 1. The lowest BCUT2D eigenvalue weighted by Crippen LogP contribution is -2.51. The fourth-order valence-electron chi connectivity index (χ4n) is 6.43. The molecule has 0 aromatic carbocycles. The van der Waals surface area contributed by atoms with Gasteiger partial charge < -0.3 is 20.7 Å². The highest BCUT2D eigenvalue weighted by Crippen LogP contribution is 2.40. The van der Waals surface area contributed by atoms with Gasteiger partial charge in [-0.1, -0.05) is 52.9 Å². The number of hydrogen-bond donors (Lipinski definition) is 2. The number of ether oxygens (including phenoxy) is 1. The number of nitrogens with zero attached hydrogens (tertiary/aromatic N) is 1. The van der Waals surface area contributed by atoms with Gasteiger partial charge in [-0.25, -0.2) is 4.39 Å². The second-order valence-corrected chi connectivity index (χ2v) is 11.7. The van der Waals surface area contributed by atoms with Crippen LogP contribution in [-0.2, 0) is 14.3 Å². The van der Waals surface area contributed by atoms with Crippen molar-refractivity contribution in [3.63, 3.8) is 0 Å². The van der Waals surface area contributed by atoms with E-state index in [0.717, 1.165) is 57.8 Å². The quantitative estimate of drug-likeness (QED) is 0.241. The van der Waals surface area contributed by atoms with Gasteiger partial charge in [0.05, 0.1) is 6.10 Å². The number of hydrogen-bond acceptors (Lipinski definition) is 4. The molecule has 1 saturated carbocycles. The predicted molar refractivity (Wildman–Crippen MR) is 149 cm³/mol. The van der Waals surface area contributed by atoms with Crippen LogP contribution in [0.5, 0.6) is 0 Å². The van der Waals surface area contributed by atoms with Gasteiger partial charge in [0.1, 0.15) is 12.7 Å². The number of carbonyl (C=O) groups is 2. The Balaban J connectivity index is 2.05. The van der Waals surface area contributed by atoms with Gasteiger partial charge >= 0.3 is 0 Å². The van der Waals surface area contributed by atoms with Crippen LogP contribution in [0.1, 0.15) is 111 Å². The summed E-state index contributed by atoms with van der Waals surface area (Å²) in [4.78, 5) is 29.3. The zero-order chi connectivity index (χ0) is 27.2. The molecule has 2 rings (SSSR count). The Morgan fingerprint density at radius 3 is 2.32 bits per heavy atom. The van der Waals surface area contributed by atoms with Crippen LogP contribution >= 0.6 is 0 Å². The van der Waals surface area contributed by atoms with Crippen molar-refractivity contribution in [3.8, 4) is 0 Å². The van der Waals surface area contributed by atoms with E-state index in [4.69, 9.17) is 10.5 Å². The summed E-state index contributed by atoms with van der Waals surface area (Å²) in [6.07, 6.45) is 14.6. The van der Waals surface area contributed by atoms with Crippen molar-refractivity contribution >= 4 is 11.8 Å². The van der Waals surface area contributed by atoms with Crippen LogP contribution in [0.4, 0.5) is 4.39 Å². The van der Waals surface area contributed by atoms with Crippen molar-refractivity contribution in [2.75, 3.05) is 26.9 Å². The largest absolute Gasteiger partial charge is 0.381 e. The molecule has 1 saturated heterocycles. The zero-order valence-corrected chi connectivity index (χ0v) is 24.2. The second-order valence-electron chi connectivity index (χ2n) is 11.7. The van der Waals surface area contributed by atoms with E-state index >= 15 is 0 Å². The first kappa shape index (κ1) is 32.0. The normalized spacial score (nSPS) is 26.6. The summed E-state index contributed by atoms with van der Waals surface area (Å²) in [5, 5.41) is 3.20. The van der Waals surface area contributed by atoms with Crippen molar-refractivity contribution in [1.29, 1.82) is 0 Å². The SMILES string of the molecule is CCCCCCCCNC(=O)[C@@H]1[C@H](C2CCC(OC)CC2)CCN1C(=O)[C@H](CC)CC[C@@H](C)[C@H](N)CF. The Morgan fingerprint density at radius 1 is 1.03 bits per heavy atom. The van der Waals surface area contributed by atoms with Crippen LogP contribution in [-0.4, -0.2) is 61.8 Å². The molecule has 2 fully saturated rings. The maximum atomic E-state index is 13.8. The topological polar surface area (TPSA) is 84.7 Å². The smallest absolute Gasteiger partial charge is 0.243 e. The van der Waals surface area contributed by atoms with E-state index in [1.807, 2.05) is 18.7 Å². The Hall–Kier alpha value is -1.21. The lowest BCUT2D eigenvalue weighted by atomic mass is 9.75.